The molecule has 32 heavy (non-hydrogen) atoms. The highest BCUT2D eigenvalue weighted by molar-refractivity contribution is 7.17. The number of amides is 1. The molecule has 3 heterocycles. The summed E-state index contributed by atoms with van der Waals surface area (Å²) in [7, 11) is 1.62. The Morgan fingerprint density at radius 1 is 1.12 bits per heavy atom. The average molecular weight is 466 g/mol. The fraction of sp³-hybridized carbons (Fsp3) is 0.0909. The second-order valence-corrected chi connectivity index (χ2v) is 8.68. The Kier molecular flexibility index (Phi) is 5.16. The molecule has 0 aliphatic rings. The number of nitrogens with one attached hydrogen (secondary N) is 1. The minimum absolute atomic E-state index is 0.203. The van der Waals surface area contributed by atoms with Gasteiger partial charge in [0.15, 0.2) is 0 Å². The van der Waals surface area contributed by atoms with Crippen LogP contribution in [0.15, 0.2) is 53.9 Å². The van der Waals surface area contributed by atoms with Gasteiger partial charge in [0.1, 0.15) is 21.5 Å². The van der Waals surface area contributed by atoms with E-state index < -0.39 is 0 Å². The number of para-hydroxylation sites is 1. The zero-order chi connectivity index (χ0) is 22.2. The molecule has 0 fully saturated rings. The van der Waals surface area contributed by atoms with Gasteiger partial charge in [0, 0.05) is 16.5 Å². The van der Waals surface area contributed by atoms with E-state index >= 15 is 0 Å². The van der Waals surface area contributed by atoms with Crippen molar-refractivity contribution in [2.75, 3.05) is 12.4 Å². The Labute approximate surface area is 190 Å². The number of ether oxygens (including phenoxy) is 1. The number of fused-ring (bicyclic) bond motifs is 1. The molecule has 160 valence electrons. The van der Waals surface area contributed by atoms with Crippen LogP contribution in [0.25, 0.3) is 26.8 Å². The molecule has 3 aromatic heterocycles. The maximum absolute atomic E-state index is 13.2. The van der Waals surface area contributed by atoms with Crippen LogP contribution in [0.3, 0.4) is 0 Å². The normalized spacial score (nSPS) is 11.1. The third kappa shape index (κ3) is 3.63. The highest BCUT2D eigenvalue weighted by Crippen LogP contribution is 2.33. The van der Waals surface area contributed by atoms with Crippen molar-refractivity contribution in [3.8, 4) is 27.6 Å². The van der Waals surface area contributed by atoms with Gasteiger partial charge in [-0.3, -0.25) is 10.1 Å². The minimum Gasteiger partial charge on any atom is -0.496 e. The second-order valence-electron chi connectivity index (χ2n) is 6.85. The van der Waals surface area contributed by atoms with Crippen molar-refractivity contribution in [1.29, 1.82) is 0 Å². The topological polar surface area (TPSA) is 81.4 Å². The number of rotatable bonds is 5. The molecule has 0 saturated heterocycles. The molecule has 7 nitrogen and oxygen atoms in total. The Bertz CT molecular complexity index is 1440. The number of nitrogens with zero attached hydrogens (tertiary/aromatic N) is 4. The first kappa shape index (κ1) is 20.3. The molecule has 0 unspecified atom stereocenters. The predicted molar refractivity (Wildman–Crippen MR) is 123 cm³/mol. The number of aromatic nitrogens is 4. The van der Waals surface area contributed by atoms with Gasteiger partial charge < -0.3 is 4.74 Å². The van der Waals surface area contributed by atoms with Crippen molar-refractivity contribution in [3.05, 3.63) is 70.3 Å². The summed E-state index contributed by atoms with van der Waals surface area (Å²) in [6, 6.07) is 13.7. The lowest BCUT2D eigenvalue weighted by Gasteiger charge is -2.06. The van der Waals surface area contributed by atoms with E-state index in [2.05, 4.69) is 20.4 Å². The van der Waals surface area contributed by atoms with E-state index in [0.29, 0.717) is 20.5 Å². The quantitative estimate of drug-likeness (QED) is 0.381. The summed E-state index contributed by atoms with van der Waals surface area (Å²) >= 11 is 2.66. The Morgan fingerprint density at radius 2 is 1.91 bits per heavy atom. The molecule has 0 spiro atoms. The van der Waals surface area contributed by atoms with Crippen molar-refractivity contribution < 1.29 is 13.9 Å². The Balaban J connectivity index is 1.42. The van der Waals surface area contributed by atoms with E-state index in [9.17, 15) is 9.18 Å². The lowest BCUT2D eigenvalue weighted by atomic mass is 10.1. The van der Waals surface area contributed by atoms with E-state index in [1.807, 2.05) is 29.6 Å². The molecule has 0 aliphatic carbocycles. The molecule has 0 aliphatic heterocycles. The molecule has 5 rings (SSSR count). The van der Waals surface area contributed by atoms with Crippen LogP contribution in [0.5, 0.6) is 5.75 Å². The number of halogens is 1. The summed E-state index contributed by atoms with van der Waals surface area (Å²) in [4.78, 5) is 22.9. The molecule has 0 saturated carbocycles. The fourth-order valence-corrected chi connectivity index (χ4v) is 5.05. The predicted octanol–water partition coefficient (Wildman–Crippen LogP) is 5.29. The van der Waals surface area contributed by atoms with Gasteiger partial charge in [-0.25, -0.2) is 13.9 Å². The van der Waals surface area contributed by atoms with E-state index in [1.165, 1.54) is 34.8 Å². The summed E-state index contributed by atoms with van der Waals surface area (Å²) in [6.45, 7) is 1.76. The minimum atomic E-state index is -0.342. The fourth-order valence-electron chi connectivity index (χ4n) is 3.26. The standard InChI is InChI=1S/C22H16FN5O2S2/c1-12-18(32-20(24-12)13-7-9-14(23)10-8-13)19(29)25-21-26-22-28(27-21)16(11-31-22)15-5-3-4-6-17(15)30-2/h3-11H,1-2H3,(H,25,27,29). The van der Waals surface area contributed by atoms with Crippen LogP contribution < -0.4 is 10.1 Å². The number of benzene rings is 2. The van der Waals surface area contributed by atoms with Gasteiger partial charge in [0.2, 0.25) is 4.96 Å². The van der Waals surface area contributed by atoms with Crippen LogP contribution in [-0.4, -0.2) is 32.6 Å². The van der Waals surface area contributed by atoms with Gasteiger partial charge in [-0.05, 0) is 43.3 Å². The van der Waals surface area contributed by atoms with E-state index in [0.717, 1.165) is 22.6 Å². The number of hydrogen-bond donors (Lipinski definition) is 1. The van der Waals surface area contributed by atoms with E-state index in [-0.39, 0.29) is 17.7 Å². The van der Waals surface area contributed by atoms with Gasteiger partial charge >= 0.3 is 0 Å². The Hall–Kier alpha value is -3.63. The third-order valence-corrected chi connectivity index (χ3v) is 6.81. The lowest BCUT2D eigenvalue weighted by molar-refractivity contribution is 0.102. The molecule has 0 bridgehead atoms. The van der Waals surface area contributed by atoms with Crippen LogP contribution in [0.2, 0.25) is 0 Å². The lowest BCUT2D eigenvalue weighted by Crippen LogP contribution is -2.12. The maximum Gasteiger partial charge on any atom is 0.270 e. The van der Waals surface area contributed by atoms with Crippen LogP contribution in [0.4, 0.5) is 10.3 Å². The molecule has 0 radical (unpaired) electrons. The van der Waals surface area contributed by atoms with Gasteiger partial charge in [-0.1, -0.05) is 12.1 Å². The van der Waals surface area contributed by atoms with Gasteiger partial charge in [-0.2, -0.15) is 4.98 Å². The van der Waals surface area contributed by atoms with Gasteiger partial charge in [-0.15, -0.1) is 27.8 Å². The van der Waals surface area contributed by atoms with Crippen molar-refractivity contribution in [3.63, 3.8) is 0 Å². The monoisotopic (exact) mass is 465 g/mol. The van der Waals surface area contributed by atoms with Crippen molar-refractivity contribution in [1.82, 2.24) is 19.6 Å². The largest absolute Gasteiger partial charge is 0.496 e. The van der Waals surface area contributed by atoms with Crippen LogP contribution in [-0.2, 0) is 0 Å². The number of carbonyl (C=O) groups is 1. The van der Waals surface area contributed by atoms with Crippen molar-refractivity contribution in [2.45, 2.75) is 6.92 Å². The molecule has 1 N–H and O–H groups in total. The number of thiazole rings is 2. The number of carbonyl (C=O) groups excluding carboxylic acids is 1. The first-order valence-corrected chi connectivity index (χ1v) is 11.3. The summed E-state index contributed by atoms with van der Waals surface area (Å²) < 4.78 is 20.3. The zero-order valence-corrected chi connectivity index (χ0v) is 18.6. The Morgan fingerprint density at radius 3 is 2.69 bits per heavy atom. The zero-order valence-electron chi connectivity index (χ0n) is 17.0. The molecular weight excluding hydrogens is 449 g/mol. The first-order chi connectivity index (χ1) is 15.5. The third-order valence-electron chi connectivity index (χ3n) is 4.78. The molecule has 10 heteroatoms. The molecule has 5 aromatic rings. The first-order valence-electron chi connectivity index (χ1n) is 9.56. The van der Waals surface area contributed by atoms with Gasteiger partial charge in [0.05, 0.1) is 18.5 Å². The maximum atomic E-state index is 13.2. The van der Waals surface area contributed by atoms with Crippen molar-refractivity contribution >= 4 is 39.5 Å². The van der Waals surface area contributed by atoms with Crippen molar-refractivity contribution in [2.24, 2.45) is 0 Å². The van der Waals surface area contributed by atoms with Crippen LogP contribution >= 0.6 is 22.7 Å². The highest BCUT2D eigenvalue weighted by Gasteiger charge is 2.20. The molecule has 1 amide bonds. The summed E-state index contributed by atoms with van der Waals surface area (Å²) in [6.07, 6.45) is 0. The summed E-state index contributed by atoms with van der Waals surface area (Å²) in [5, 5.41) is 9.81. The number of anilines is 1. The average Bonchev–Trinajstić information content (AvgIpc) is 3.48. The molecular formula is C22H16FN5O2S2. The van der Waals surface area contributed by atoms with Crippen LogP contribution in [0, 0.1) is 12.7 Å². The van der Waals surface area contributed by atoms with E-state index in [1.54, 1.807) is 30.7 Å². The SMILES string of the molecule is COc1ccccc1-c1csc2nc(NC(=O)c3sc(-c4ccc(F)cc4)nc3C)nn12. The van der Waals surface area contributed by atoms with Gasteiger partial charge in [0.25, 0.3) is 11.9 Å². The second kappa shape index (κ2) is 8.13. The molecule has 2 aromatic carbocycles. The number of methoxy groups -OCH3 is 1. The van der Waals surface area contributed by atoms with Crippen LogP contribution in [0.1, 0.15) is 15.4 Å². The number of hydrogen-bond acceptors (Lipinski definition) is 7. The smallest absolute Gasteiger partial charge is 0.270 e. The molecule has 0 atom stereocenters. The number of aryl methyl sites for hydroxylation is 1. The highest BCUT2D eigenvalue weighted by atomic mass is 32.1. The summed E-state index contributed by atoms with van der Waals surface area (Å²) in [5.41, 5.74) is 3.04. The van der Waals surface area contributed by atoms with E-state index in [4.69, 9.17) is 4.74 Å². The summed E-state index contributed by atoms with van der Waals surface area (Å²) in [5.74, 6) is 0.264.